The Morgan fingerprint density at radius 2 is 2.29 bits per heavy atom. The summed E-state index contributed by atoms with van der Waals surface area (Å²) in [6.07, 6.45) is 0. The monoisotopic (exact) mass is 239 g/mol. The molecule has 1 amide bonds. The Morgan fingerprint density at radius 1 is 1.53 bits per heavy atom. The molecule has 7 nitrogen and oxygen atoms in total. The second kappa shape index (κ2) is 5.74. The van der Waals surface area contributed by atoms with Crippen LogP contribution < -0.4 is 10.6 Å². The van der Waals surface area contributed by atoms with Gasteiger partial charge in [-0.1, -0.05) is 5.16 Å². The number of hydrogen-bond acceptors (Lipinski definition) is 6. The van der Waals surface area contributed by atoms with Crippen molar-refractivity contribution in [2.24, 2.45) is 0 Å². The van der Waals surface area contributed by atoms with Crippen LogP contribution in [0, 0.1) is 6.92 Å². The summed E-state index contributed by atoms with van der Waals surface area (Å²) < 4.78 is 4.74. The van der Waals surface area contributed by atoms with Crippen LogP contribution in [-0.2, 0) is 0 Å². The zero-order valence-corrected chi connectivity index (χ0v) is 9.90. The molecular weight excluding hydrogens is 222 g/mol. The van der Waals surface area contributed by atoms with Gasteiger partial charge in [-0.15, -0.1) is 0 Å². The standard InChI is InChI=1S/C10H17N5O2/c1-8-13-9(14-17-8)10(16)12-4-7-15-5-2-11-3-6-15/h11H,2-7H2,1H3,(H,12,16). The highest BCUT2D eigenvalue weighted by Crippen LogP contribution is 1.94. The smallest absolute Gasteiger partial charge is 0.292 e. The normalized spacial score (nSPS) is 17.0. The number of amides is 1. The van der Waals surface area contributed by atoms with Gasteiger partial charge in [0.15, 0.2) is 0 Å². The molecule has 1 aromatic rings. The van der Waals surface area contributed by atoms with Crippen molar-refractivity contribution in [3.63, 3.8) is 0 Å². The van der Waals surface area contributed by atoms with Gasteiger partial charge in [0.05, 0.1) is 0 Å². The summed E-state index contributed by atoms with van der Waals surface area (Å²) in [4.78, 5) is 17.7. The molecule has 17 heavy (non-hydrogen) atoms. The van der Waals surface area contributed by atoms with Crippen molar-refractivity contribution < 1.29 is 9.32 Å². The van der Waals surface area contributed by atoms with Gasteiger partial charge in [0.1, 0.15) is 0 Å². The zero-order valence-electron chi connectivity index (χ0n) is 9.90. The number of piperazine rings is 1. The van der Waals surface area contributed by atoms with E-state index in [1.807, 2.05) is 0 Å². The number of carbonyl (C=O) groups is 1. The minimum absolute atomic E-state index is 0.0998. The molecule has 1 aromatic heterocycles. The van der Waals surface area contributed by atoms with Crippen LogP contribution in [0.2, 0.25) is 0 Å². The first-order valence-electron chi connectivity index (χ1n) is 5.77. The summed E-state index contributed by atoms with van der Waals surface area (Å²) in [7, 11) is 0. The number of rotatable bonds is 4. The molecule has 0 radical (unpaired) electrons. The van der Waals surface area contributed by atoms with Crippen molar-refractivity contribution in [1.82, 2.24) is 25.7 Å². The molecule has 7 heteroatoms. The number of hydrogen-bond donors (Lipinski definition) is 2. The van der Waals surface area contributed by atoms with Crippen molar-refractivity contribution in [2.45, 2.75) is 6.92 Å². The molecule has 1 fully saturated rings. The molecule has 0 bridgehead atoms. The lowest BCUT2D eigenvalue weighted by molar-refractivity contribution is 0.0934. The summed E-state index contributed by atoms with van der Waals surface area (Å²) in [6, 6.07) is 0. The van der Waals surface area contributed by atoms with Gasteiger partial charge in [-0.05, 0) is 0 Å². The third-order valence-corrected chi connectivity index (χ3v) is 2.65. The molecule has 0 aliphatic carbocycles. The van der Waals surface area contributed by atoms with Crippen molar-refractivity contribution in [3.05, 3.63) is 11.7 Å². The molecule has 2 rings (SSSR count). The molecule has 2 heterocycles. The van der Waals surface area contributed by atoms with E-state index in [0.29, 0.717) is 12.4 Å². The molecule has 0 aromatic carbocycles. The first-order chi connectivity index (χ1) is 8.25. The summed E-state index contributed by atoms with van der Waals surface area (Å²) >= 11 is 0. The topological polar surface area (TPSA) is 83.3 Å². The first-order valence-corrected chi connectivity index (χ1v) is 5.77. The van der Waals surface area contributed by atoms with Crippen LogP contribution in [0.4, 0.5) is 0 Å². The van der Waals surface area contributed by atoms with E-state index in [4.69, 9.17) is 4.52 Å². The number of nitrogens with zero attached hydrogens (tertiary/aromatic N) is 3. The first kappa shape index (κ1) is 12.0. The fourth-order valence-corrected chi connectivity index (χ4v) is 1.73. The Bertz CT molecular complexity index is 373. The van der Waals surface area contributed by atoms with Crippen molar-refractivity contribution in [2.75, 3.05) is 39.3 Å². The lowest BCUT2D eigenvalue weighted by atomic mass is 10.3. The van der Waals surface area contributed by atoms with E-state index in [-0.39, 0.29) is 11.7 Å². The lowest BCUT2D eigenvalue weighted by Gasteiger charge is -2.26. The van der Waals surface area contributed by atoms with Gasteiger partial charge in [0, 0.05) is 46.2 Å². The van der Waals surface area contributed by atoms with E-state index in [0.717, 1.165) is 32.7 Å². The summed E-state index contributed by atoms with van der Waals surface area (Å²) in [6.45, 7) is 7.19. The van der Waals surface area contributed by atoms with Gasteiger partial charge < -0.3 is 15.2 Å². The molecule has 94 valence electrons. The molecule has 2 N–H and O–H groups in total. The SMILES string of the molecule is Cc1nc(C(=O)NCCN2CCNCC2)no1. The number of aromatic nitrogens is 2. The van der Waals surface area contributed by atoms with Crippen LogP contribution in [0.15, 0.2) is 4.52 Å². The molecule has 0 spiro atoms. The van der Waals surface area contributed by atoms with Gasteiger partial charge in [0.2, 0.25) is 5.89 Å². The van der Waals surface area contributed by atoms with Crippen molar-refractivity contribution in [1.29, 1.82) is 0 Å². The van der Waals surface area contributed by atoms with Gasteiger partial charge in [-0.2, -0.15) is 4.98 Å². The van der Waals surface area contributed by atoms with E-state index < -0.39 is 0 Å². The predicted molar refractivity (Wildman–Crippen MR) is 60.7 cm³/mol. The van der Waals surface area contributed by atoms with Crippen LogP contribution in [0.1, 0.15) is 16.5 Å². The third-order valence-electron chi connectivity index (χ3n) is 2.65. The van der Waals surface area contributed by atoms with E-state index >= 15 is 0 Å². The lowest BCUT2D eigenvalue weighted by Crippen LogP contribution is -2.46. The average molecular weight is 239 g/mol. The molecular formula is C10H17N5O2. The van der Waals surface area contributed by atoms with Gasteiger partial charge >= 0.3 is 0 Å². The number of aryl methyl sites for hydroxylation is 1. The Labute approximate surface area is 99.6 Å². The summed E-state index contributed by atoms with van der Waals surface area (Å²) in [5, 5.41) is 9.61. The minimum atomic E-state index is -0.281. The molecule has 0 atom stereocenters. The predicted octanol–water partition coefficient (Wildman–Crippen LogP) is -0.987. The highest BCUT2D eigenvalue weighted by Gasteiger charge is 2.13. The Balaban J connectivity index is 1.69. The fourth-order valence-electron chi connectivity index (χ4n) is 1.73. The fraction of sp³-hybridized carbons (Fsp3) is 0.700. The van der Waals surface area contributed by atoms with E-state index in [1.54, 1.807) is 6.92 Å². The maximum absolute atomic E-state index is 11.6. The van der Waals surface area contributed by atoms with Crippen LogP contribution in [0.3, 0.4) is 0 Å². The van der Waals surface area contributed by atoms with E-state index in [9.17, 15) is 4.79 Å². The average Bonchev–Trinajstić information content (AvgIpc) is 2.77. The van der Waals surface area contributed by atoms with E-state index in [2.05, 4.69) is 25.7 Å². The Morgan fingerprint density at radius 3 is 2.94 bits per heavy atom. The van der Waals surface area contributed by atoms with Crippen LogP contribution in [0.5, 0.6) is 0 Å². The van der Waals surface area contributed by atoms with E-state index in [1.165, 1.54) is 0 Å². The second-order valence-corrected chi connectivity index (χ2v) is 3.98. The van der Waals surface area contributed by atoms with Gasteiger partial charge in [-0.25, -0.2) is 0 Å². The van der Waals surface area contributed by atoms with Crippen LogP contribution >= 0.6 is 0 Å². The number of carbonyl (C=O) groups excluding carboxylic acids is 1. The summed E-state index contributed by atoms with van der Waals surface area (Å²) in [5.74, 6) is 0.219. The third kappa shape index (κ3) is 3.50. The highest BCUT2D eigenvalue weighted by atomic mass is 16.5. The largest absolute Gasteiger partial charge is 0.348 e. The maximum Gasteiger partial charge on any atom is 0.292 e. The van der Waals surface area contributed by atoms with Gasteiger partial charge in [-0.3, -0.25) is 9.69 Å². The maximum atomic E-state index is 11.6. The molecule has 0 saturated carbocycles. The molecule has 1 aliphatic rings. The number of nitrogens with one attached hydrogen (secondary N) is 2. The molecule has 0 unspecified atom stereocenters. The van der Waals surface area contributed by atoms with Crippen molar-refractivity contribution >= 4 is 5.91 Å². The second-order valence-electron chi connectivity index (χ2n) is 3.98. The van der Waals surface area contributed by atoms with Gasteiger partial charge in [0.25, 0.3) is 11.7 Å². The quantitative estimate of drug-likeness (QED) is 0.702. The minimum Gasteiger partial charge on any atom is -0.348 e. The van der Waals surface area contributed by atoms with Crippen molar-refractivity contribution in [3.8, 4) is 0 Å². The van der Waals surface area contributed by atoms with Crippen LogP contribution in [-0.4, -0.2) is 60.2 Å². The molecule has 1 saturated heterocycles. The Kier molecular flexibility index (Phi) is 4.05. The van der Waals surface area contributed by atoms with Crippen LogP contribution in [0.25, 0.3) is 0 Å². The zero-order chi connectivity index (χ0) is 12.1. The summed E-state index contributed by atoms with van der Waals surface area (Å²) in [5.41, 5.74) is 0. The molecule has 1 aliphatic heterocycles. The Hall–Kier alpha value is -1.47. The highest BCUT2D eigenvalue weighted by molar-refractivity contribution is 5.90.